The number of rotatable bonds is 3. The van der Waals surface area contributed by atoms with Crippen molar-refractivity contribution in [2.45, 2.75) is 9.92 Å². The van der Waals surface area contributed by atoms with Gasteiger partial charge in [-0.3, -0.25) is 4.79 Å². The van der Waals surface area contributed by atoms with E-state index in [1.54, 1.807) is 12.1 Å². The van der Waals surface area contributed by atoms with Gasteiger partial charge in [0.15, 0.2) is 5.03 Å². The number of hydrogen-bond donors (Lipinski definition) is 1. The molecule has 0 atom stereocenters. The van der Waals surface area contributed by atoms with Gasteiger partial charge in [0.05, 0.1) is 4.90 Å². The summed E-state index contributed by atoms with van der Waals surface area (Å²) in [5.41, 5.74) is 5.34. The van der Waals surface area contributed by atoms with Gasteiger partial charge in [0.25, 0.3) is 0 Å². The topological polar surface area (TPSA) is 90.1 Å². The van der Waals surface area contributed by atoms with Crippen molar-refractivity contribution in [2.75, 3.05) is 0 Å². The Labute approximate surface area is 104 Å². The van der Waals surface area contributed by atoms with Crippen molar-refractivity contribution < 1.29 is 13.2 Å². The zero-order chi connectivity index (χ0) is 13.2. The van der Waals surface area contributed by atoms with Gasteiger partial charge in [-0.25, -0.2) is 13.4 Å². The maximum atomic E-state index is 12.1. The number of amides is 1. The molecule has 0 aliphatic rings. The van der Waals surface area contributed by atoms with E-state index in [9.17, 15) is 13.2 Å². The molecule has 0 spiro atoms. The number of hydrogen-bond acceptors (Lipinski definition) is 4. The van der Waals surface area contributed by atoms with Crippen LogP contribution < -0.4 is 5.73 Å². The van der Waals surface area contributed by atoms with Crippen molar-refractivity contribution in [3.63, 3.8) is 0 Å². The number of pyridine rings is 1. The van der Waals surface area contributed by atoms with Crippen LogP contribution in [0.4, 0.5) is 0 Å². The van der Waals surface area contributed by atoms with Crippen molar-refractivity contribution in [1.82, 2.24) is 4.98 Å². The molecule has 0 aliphatic carbocycles. The van der Waals surface area contributed by atoms with Gasteiger partial charge in [-0.05, 0) is 36.4 Å². The Kier molecular flexibility index (Phi) is 3.12. The van der Waals surface area contributed by atoms with Crippen molar-refractivity contribution in [1.29, 1.82) is 0 Å². The van der Waals surface area contributed by atoms with Crippen LogP contribution in [-0.2, 0) is 9.84 Å². The Hall–Kier alpha value is -2.21. The van der Waals surface area contributed by atoms with Crippen LogP contribution in [0, 0.1) is 0 Å². The van der Waals surface area contributed by atoms with Crippen molar-refractivity contribution in [3.8, 4) is 0 Å². The fraction of sp³-hybridized carbons (Fsp3) is 0. The van der Waals surface area contributed by atoms with E-state index in [2.05, 4.69) is 4.98 Å². The smallest absolute Gasteiger partial charge is 0.248 e. The number of aromatic nitrogens is 1. The summed E-state index contributed by atoms with van der Waals surface area (Å²) in [6.45, 7) is 0. The normalized spacial score (nSPS) is 11.1. The van der Waals surface area contributed by atoms with Gasteiger partial charge in [0, 0.05) is 11.8 Å². The number of primary amides is 1. The fourth-order valence-corrected chi connectivity index (χ4v) is 2.62. The minimum atomic E-state index is -3.64. The third-order valence-corrected chi connectivity index (χ3v) is 4.05. The molecule has 0 radical (unpaired) electrons. The molecule has 92 valence electrons. The highest BCUT2D eigenvalue weighted by molar-refractivity contribution is 7.91. The Morgan fingerprint density at radius 3 is 2.22 bits per heavy atom. The first-order chi connectivity index (χ1) is 8.51. The molecule has 1 heterocycles. The van der Waals surface area contributed by atoms with Gasteiger partial charge in [0.2, 0.25) is 15.7 Å². The van der Waals surface area contributed by atoms with Crippen LogP contribution in [0.1, 0.15) is 10.4 Å². The van der Waals surface area contributed by atoms with Gasteiger partial charge in [-0.2, -0.15) is 0 Å². The van der Waals surface area contributed by atoms with E-state index in [1.165, 1.54) is 36.5 Å². The lowest BCUT2D eigenvalue weighted by Gasteiger charge is -2.03. The maximum Gasteiger partial charge on any atom is 0.248 e. The largest absolute Gasteiger partial charge is 0.366 e. The monoisotopic (exact) mass is 262 g/mol. The lowest BCUT2D eigenvalue weighted by molar-refractivity contribution is 0.1000. The van der Waals surface area contributed by atoms with Crippen LogP contribution in [0.2, 0.25) is 0 Å². The van der Waals surface area contributed by atoms with E-state index in [4.69, 9.17) is 5.73 Å². The van der Waals surface area contributed by atoms with Crippen molar-refractivity contribution in [2.24, 2.45) is 5.73 Å². The molecular formula is C12H10N2O3S. The van der Waals surface area contributed by atoms with E-state index >= 15 is 0 Å². The Bertz CT molecular complexity index is 664. The number of carbonyl (C=O) groups is 1. The Balaban J connectivity index is 2.46. The minimum absolute atomic E-state index is 0.0307. The molecule has 2 aromatic rings. The fourth-order valence-electron chi connectivity index (χ4n) is 1.43. The van der Waals surface area contributed by atoms with Gasteiger partial charge in [-0.15, -0.1) is 0 Å². The lowest BCUT2D eigenvalue weighted by Crippen LogP contribution is -2.11. The van der Waals surface area contributed by atoms with Crippen LogP contribution >= 0.6 is 0 Å². The summed E-state index contributed by atoms with van der Waals surface area (Å²) < 4.78 is 24.3. The van der Waals surface area contributed by atoms with Crippen LogP contribution in [0.5, 0.6) is 0 Å². The summed E-state index contributed by atoms with van der Waals surface area (Å²) in [6.07, 6.45) is 1.41. The van der Waals surface area contributed by atoms with Crippen LogP contribution in [-0.4, -0.2) is 19.3 Å². The van der Waals surface area contributed by atoms with E-state index in [0.29, 0.717) is 0 Å². The lowest BCUT2D eigenvalue weighted by atomic mass is 10.2. The molecule has 1 aromatic carbocycles. The van der Waals surface area contributed by atoms with Gasteiger partial charge in [0.1, 0.15) is 0 Å². The van der Waals surface area contributed by atoms with E-state index in [-0.39, 0.29) is 15.5 Å². The first-order valence-corrected chi connectivity index (χ1v) is 6.56. The first-order valence-electron chi connectivity index (χ1n) is 5.08. The third-order valence-electron chi connectivity index (χ3n) is 2.36. The summed E-state index contributed by atoms with van der Waals surface area (Å²) in [5.74, 6) is -0.600. The zero-order valence-electron chi connectivity index (χ0n) is 9.28. The molecule has 2 N–H and O–H groups in total. The molecule has 0 aliphatic heterocycles. The van der Waals surface area contributed by atoms with Gasteiger partial charge >= 0.3 is 0 Å². The average molecular weight is 262 g/mol. The number of sulfone groups is 1. The maximum absolute atomic E-state index is 12.1. The van der Waals surface area contributed by atoms with Gasteiger partial charge < -0.3 is 5.73 Å². The molecule has 1 aromatic heterocycles. The predicted octanol–water partition coefficient (Wildman–Crippen LogP) is 1.01. The summed E-state index contributed by atoms with van der Waals surface area (Å²) in [5, 5.41) is -0.0307. The van der Waals surface area contributed by atoms with E-state index in [1.807, 2.05) is 0 Å². The number of benzene rings is 1. The quantitative estimate of drug-likeness (QED) is 0.893. The van der Waals surface area contributed by atoms with E-state index in [0.717, 1.165) is 0 Å². The number of carbonyl (C=O) groups excluding carboxylic acids is 1. The summed E-state index contributed by atoms with van der Waals surface area (Å²) in [6, 6.07) is 10.1. The van der Waals surface area contributed by atoms with Crippen molar-refractivity contribution in [3.05, 3.63) is 54.2 Å². The SMILES string of the molecule is NC(=O)c1ccc(S(=O)(=O)c2ccccn2)cc1. The predicted molar refractivity (Wildman–Crippen MR) is 64.6 cm³/mol. The van der Waals surface area contributed by atoms with E-state index < -0.39 is 15.7 Å². The molecule has 5 nitrogen and oxygen atoms in total. The first kappa shape index (κ1) is 12.3. The summed E-state index contributed by atoms with van der Waals surface area (Å²) in [7, 11) is -3.64. The van der Waals surface area contributed by atoms with Crippen LogP contribution in [0.15, 0.2) is 58.6 Å². The molecule has 0 saturated heterocycles. The molecule has 0 saturated carbocycles. The highest BCUT2D eigenvalue weighted by atomic mass is 32.2. The molecule has 1 amide bonds. The highest BCUT2D eigenvalue weighted by Gasteiger charge is 2.18. The molecule has 0 bridgehead atoms. The molecule has 18 heavy (non-hydrogen) atoms. The third kappa shape index (κ3) is 2.23. The standard InChI is InChI=1S/C12H10N2O3S/c13-12(15)9-4-6-10(7-5-9)18(16,17)11-3-1-2-8-14-11/h1-8H,(H2,13,15). The Morgan fingerprint density at radius 1 is 1.06 bits per heavy atom. The number of nitrogens with two attached hydrogens (primary N) is 1. The summed E-state index contributed by atoms with van der Waals surface area (Å²) >= 11 is 0. The molecule has 2 rings (SSSR count). The summed E-state index contributed by atoms with van der Waals surface area (Å²) in [4.78, 5) is 14.8. The van der Waals surface area contributed by atoms with Crippen molar-refractivity contribution >= 4 is 15.7 Å². The van der Waals surface area contributed by atoms with Crippen LogP contribution in [0.25, 0.3) is 0 Å². The molecule has 0 fully saturated rings. The second-order valence-electron chi connectivity index (χ2n) is 3.56. The second kappa shape index (κ2) is 4.58. The van der Waals surface area contributed by atoms with Gasteiger partial charge in [-0.1, -0.05) is 6.07 Å². The second-order valence-corrected chi connectivity index (χ2v) is 5.46. The number of nitrogens with zero attached hydrogens (tertiary/aromatic N) is 1. The molecule has 6 heteroatoms. The average Bonchev–Trinajstić information content (AvgIpc) is 2.40. The Morgan fingerprint density at radius 2 is 1.72 bits per heavy atom. The molecule has 0 unspecified atom stereocenters. The molecular weight excluding hydrogens is 252 g/mol. The minimum Gasteiger partial charge on any atom is -0.366 e. The highest BCUT2D eigenvalue weighted by Crippen LogP contribution is 2.18. The van der Waals surface area contributed by atoms with Crippen LogP contribution in [0.3, 0.4) is 0 Å². The zero-order valence-corrected chi connectivity index (χ0v) is 10.1.